The molecule has 0 atom stereocenters. The molecule has 0 bridgehead atoms. The number of aryl methyl sites for hydroxylation is 1. The van der Waals surface area contributed by atoms with Gasteiger partial charge in [-0.1, -0.05) is 6.07 Å². The van der Waals surface area contributed by atoms with Gasteiger partial charge in [-0.2, -0.15) is 0 Å². The predicted octanol–water partition coefficient (Wildman–Crippen LogP) is 2.10. The summed E-state index contributed by atoms with van der Waals surface area (Å²) in [7, 11) is 1.86. The third-order valence-electron chi connectivity index (χ3n) is 2.22. The van der Waals surface area contributed by atoms with Crippen molar-refractivity contribution in [3.63, 3.8) is 0 Å². The molecule has 0 saturated carbocycles. The minimum absolute atomic E-state index is 0.0896. The van der Waals surface area contributed by atoms with E-state index in [-0.39, 0.29) is 11.5 Å². The van der Waals surface area contributed by atoms with E-state index in [0.717, 1.165) is 5.69 Å². The van der Waals surface area contributed by atoms with Gasteiger partial charge in [-0.3, -0.25) is 0 Å². The first-order valence-corrected chi connectivity index (χ1v) is 4.33. The maximum Gasteiger partial charge on any atom is 0.128 e. The van der Waals surface area contributed by atoms with Gasteiger partial charge in [-0.15, -0.1) is 0 Å². The van der Waals surface area contributed by atoms with Crippen LogP contribution in [0.15, 0.2) is 36.5 Å². The molecule has 1 heterocycles. The second-order valence-corrected chi connectivity index (χ2v) is 3.18. The Morgan fingerprint density at radius 1 is 1.00 bits per heavy atom. The summed E-state index contributed by atoms with van der Waals surface area (Å²) in [5, 5.41) is 19.2. The first-order chi connectivity index (χ1) is 6.70. The average Bonchev–Trinajstić information content (AvgIpc) is 2.52. The summed E-state index contributed by atoms with van der Waals surface area (Å²) in [5.41, 5.74) is 1.26. The highest BCUT2D eigenvalue weighted by Crippen LogP contribution is 2.36. The molecule has 2 N–H and O–H groups in total. The quantitative estimate of drug-likeness (QED) is 0.721. The van der Waals surface area contributed by atoms with Crippen molar-refractivity contribution >= 4 is 0 Å². The van der Waals surface area contributed by atoms with Crippen LogP contribution < -0.4 is 0 Å². The summed E-state index contributed by atoms with van der Waals surface area (Å²) in [6.45, 7) is 0. The minimum Gasteiger partial charge on any atom is -0.507 e. The molecule has 0 saturated heterocycles. The van der Waals surface area contributed by atoms with Crippen molar-refractivity contribution in [2.24, 2.45) is 7.05 Å². The lowest BCUT2D eigenvalue weighted by molar-refractivity contribution is 0.453. The molecular weight excluding hydrogens is 178 g/mol. The lowest BCUT2D eigenvalue weighted by Crippen LogP contribution is -1.89. The zero-order valence-electron chi connectivity index (χ0n) is 7.81. The SMILES string of the molecule is Cn1cccc1-c1c(O)cccc1O. The molecule has 2 rings (SSSR count). The van der Waals surface area contributed by atoms with E-state index in [0.29, 0.717) is 5.56 Å². The lowest BCUT2D eigenvalue weighted by atomic mass is 10.1. The van der Waals surface area contributed by atoms with Gasteiger partial charge >= 0.3 is 0 Å². The Balaban J connectivity index is 2.68. The van der Waals surface area contributed by atoms with Crippen molar-refractivity contribution in [1.29, 1.82) is 0 Å². The fraction of sp³-hybridized carbons (Fsp3) is 0.0909. The summed E-state index contributed by atoms with van der Waals surface area (Å²) in [6, 6.07) is 8.43. The van der Waals surface area contributed by atoms with Crippen LogP contribution in [0.1, 0.15) is 0 Å². The van der Waals surface area contributed by atoms with Gasteiger partial charge in [0.15, 0.2) is 0 Å². The molecule has 0 aliphatic carbocycles. The molecule has 0 spiro atoms. The average molecular weight is 189 g/mol. The van der Waals surface area contributed by atoms with Crippen LogP contribution in [0.4, 0.5) is 0 Å². The standard InChI is InChI=1S/C11H11NO2/c1-12-7-3-4-8(12)11-9(13)5-2-6-10(11)14/h2-7,13-14H,1H3. The summed E-state index contributed by atoms with van der Waals surface area (Å²) in [6.07, 6.45) is 1.86. The van der Waals surface area contributed by atoms with Gasteiger partial charge in [0.25, 0.3) is 0 Å². The van der Waals surface area contributed by atoms with Gasteiger partial charge in [0, 0.05) is 13.2 Å². The van der Waals surface area contributed by atoms with E-state index in [9.17, 15) is 10.2 Å². The molecule has 14 heavy (non-hydrogen) atoms. The van der Waals surface area contributed by atoms with E-state index in [1.165, 1.54) is 0 Å². The molecule has 0 radical (unpaired) electrons. The number of hydrogen-bond acceptors (Lipinski definition) is 2. The van der Waals surface area contributed by atoms with Gasteiger partial charge < -0.3 is 14.8 Å². The molecule has 0 aliphatic rings. The number of phenolic OH excluding ortho intramolecular Hbond substituents is 2. The molecule has 2 aromatic rings. The number of aromatic hydroxyl groups is 2. The summed E-state index contributed by atoms with van der Waals surface area (Å²) in [4.78, 5) is 0. The number of hydrogen-bond donors (Lipinski definition) is 2. The fourth-order valence-electron chi connectivity index (χ4n) is 1.51. The Kier molecular flexibility index (Phi) is 1.93. The third kappa shape index (κ3) is 1.23. The topological polar surface area (TPSA) is 45.4 Å². The smallest absolute Gasteiger partial charge is 0.128 e. The van der Waals surface area contributed by atoms with Crippen molar-refractivity contribution in [2.45, 2.75) is 0 Å². The Morgan fingerprint density at radius 2 is 1.64 bits per heavy atom. The van der Waals surface area contributed by atoms with Crippen molar-refractivity contribution < 1.29 is 10.2 Å². The van der Waals surface area contributed by atoms with Crippen LogP contribution in [0.25, 0.3) is 11.3 Å². The first kappa shape index (κ1) is 8.69. The maximum atomic E-state index is 9.61. The molecule has 72 valence electrons. The fourth-order valence-corrected chi connectivity index (χ4v) is 1.51. The lowest BCUT2D eigenvalue weighted by Gasteiger charge is -2.07. The second kappa shape index (κ2) is 3.10. The number of benzene rings is 1. The van der Waals surface area contributed by atoms with Crippen molar-refractivity contribution in [2.75, 3.05) is 0 Å². The molecule has 1 aromatic carbocycles. The summed E-state index contributed by atoms with van der Waals surface area (Å²) < 4.78 is 1.84. The van der Waals surface area contributed by atoms with Gasteiger partial charge in [0.2, 0.25) is 0 Å². The number of nitrogens with zero attached hydrogens (tertiary/aromatic N) is 1. The monoisotopic (exact) mass is 189 g/mol. The Labute approximate surface area is 81.9 Å². The van der Waals surface area contributed by atoms with E-state index >= 15 is 0 Å². The van der Waals surface area contributed by atoms with Crippen LogP contribution in [-0.2, 0) is 7.05 Å². The predicted molar refractivity (Wildman–Crippen MR) is 54.2 cm³/mol. The third-order valence-corrected chi connectivity index (χ3v) is 2.22. The zero-order valence-corrected chi connectivity index (χ0v) is 7.81. The zero-order chi connectivity index (χ0) is 10.1. The van der Waals surface area contributed by atoms with E-state index in [1.54, 1.807) is 18.2 Å². The number of rotatable bonds is 1. The molecule has 3 nitrogen and oxygen atoms in total. The Bertz CT molecular complexity index is 440. The van der Waals surface area contributed by atoms with Crippen LogP contribution in [0.3, 0.4) is 0 Å². The van der Waals surface area contributed by atoms with Gasteiger partial charge in [0.05, 0.1) is 11.3 Å². The van der Waals surface area contributed by atoms with Crippen molar-refractivity contribution in [1.82, 2.24) is 4.57 Å². The minimum atomic E-state index is 0.0896. The van der Waals surface area contributed by atoms with Crippen LogP contribution in [-0.4, -0.2) is 14.8 Å². The number of aromatic nitrogens is 1. The van der Waals surface area contributed by atoms with Crippen LogP contribution in [0.5, 0.6) is 11.5 Å². The van der Waals surface area contributed by atoms with E-state index < -0.39 is 0 Å². The van der Waals surface area contributed by atoms with Gasteiger partial charge in [-0.25, -0.2) is 0 Å². The molecule has 0 fully saturated rings. The van der Waals surface area contributed by atoms with Gasteiger partial charge in [-0.05, 0) is 24.3 Å². The number of phenols is 2. The highest BCUT2D eigenvalue weighted by molar-refractivity contribution is 5.73. The highest BCUT2D eigenvalue weighted by atomic mass is 16.3. The Morgan fingerprint density at radius 3 is 2.14 bits per heavy atom. The molecule has 0 aliphatic heterocycles. The normalized spacial score (nSPS) is 10.4. The molecular formula is C11H11NO2. The van der Waals surface area contributed by atoms with Crippen LogP contribution in [0.2, 0.25) is 0 Å². The molecule has 1 aromatic heterocycles. The van der Waals surface area contributed by atoms with Gasteiger partial charge in [0.1, 0.15) is 11.5 Å². The summed E-state index contributed by atoms with van der Waals surface area (Å²) in [5.74, 6) is 0.179. The first-order valence-electron chi connectivity index (χ1n) is 4.33. The largest absolute Gasteiger partial charge is 0.507 e. The van der Waals surface area contributed by atoms with Crippen LogP contribution >= 0.6 is 0 Å². The van der Waals surface area contributed by atoms with Crippen molar-refractivity contribution in [3.8, 4) is 22.8 Å². The molecule has 0 unspecified atom stereocenters. The molecule has 3 heteroatoms. The maximum absolute atomic E-state index is 9.61. The van der Waals surface area contributed by atoms with E-state index in [1.807, 2.05) is 29.9 Å². The summed E-state index contributed by atoms with van der Waals surface area (Å²) >= 11 is 0. The Hall–Kier alpha value is -1.90. The van der Waals surface area contributed by atoms with Crippen LogP contribution in [0, 0.1) is 0 Å². The molecule has 0 amide bonds. The highest BCUT2D eigenvalue weighted by Gasteiger charge is 2.11. The second-order valence-electron chi connectivity index (χ2n) is 3.18. The van der Waals surface area contributed by atoms with E-state index in [4.69, 9.17) is 0 Å². The van der Waals surface area contributed by atoms with Crippen molar-refractivity contribution in [3.05, 3.63) is 36.5 Å². The van der Waals surface area contributed by atoms with E-state index in [2.05, 4.69) is 0 Å².